The van der Waals surface area contributed by atoms with Gasteiger partial charge in [-0.3, -0.25) is 14.5 Å². The van der Waals surface area contributed by atoms with Crippen LogP contribution in [-0.2, 0) is 20.9 Å². The van der Waals surface area contributed by atoms with Gasteiger partial charge in [-0.2, -0.15) is 0 Å². The summed E-state index contributed by atoms with van der Waals surface area (Å²) in [5.74, 6) is -1.01. The summed E-state index contributed by atoms with van der Waals surface area (Å²) in [5.41, 5.74) is 0.977. The van der Waals surface area contributed by atoms with Gasteiger partial charge >= 0.3 is 11.9 Å². The zero-order valence-electron chi connectivity index (χ0n) is 13.9. The van der Waals surface area contributed by atoms with E-state index < -0.39 is 5.97 Å². The molecule has 0 radical (unpaired) electrons. The summed E-state index contributed by atoms with van der Waals surface area (Å²) < 4.78 is 5.23. The minimum absolute atomic E-state index is 0.0888. The number of benzene rings is 1. The first-order chi connectivity index (χ1) is 11.6. The smallest absolute Gasteiger partial charge is 0.317 e. The highest BCUT2D eigenvalue weighted by Gasteiger charge is 2.23. The fraction of sp³-hybridized carbons (Fsp3) is 0.556. The van der Waals surface area contributed by atoms with Crippen molar-refractivity contribution in [3.05, 3.63) is 35.9 Å². The predicted molar refractivity (Wildman–Crippen MR) is 90.6 cm³/mol. The molecule has 2 rings (SSSR count). The van der Waals surface area contributed by atoms with Gasteiger partial charge in [0.05, 0.1) is 13.0 Å². The number of hydrogen-bond donors (Lipinski definition) is 2. The van der Waals surface area contributed by atoms with Gasteiger partial charge in [0.1, 0.15) is 6.61 Å². The second-order valence-corrected chi connectivity index (χ2v) is 6.11. The number of carbonyl (C=O) groups is 2. The molecule has 24 heavy (non-hydrogen) atoms. The van der Waals surface area contributed by atoms with Crippen LogP contribution in [0.4, 0.5) is 0 Å². The van der Waals surface area contributed by atoms with E-state index in [2.05, 4.69) is 5.32 Å². The highest BCUT2D eigenvalue weighted by Crippen LogP contribution is 2.15. The average molecular weight is 334 g/mol. The molecule has 0 saturated carbocycles. The van der Waals surface area contributed by atoms with Crippen molar-refractivity contribution < 1.29 is 19.4 Å². The Morgan fingerprint density at radius 3 is 2.79 bits per heavy atom. The highest BCUT2D eigenvalue weighted by molar-refractivity contribution is 5.69. The van der Waals surface area contributed by atoms with Crippen LogP contribution in [0.5, 0.6) is 0 Å². The zero-order chi connectivity index (χ0) is 17.2. The van der Waals surface area contributed by atoms with Crippen molar-refractivity contribution in [2.75, 3.05) is 26.2 Å². The van der Waals surface area contributed by atoms with E-state index in [-0.39, 0.29) is 18.6 Å². The molecule has 1 saturated heterocycles. The van der Waals surface area contributed by atoms with Crippen LogP contribution in [-0.4, -0.2) is 54.2 Å². The number of esters is 1. The van der Waals surface area contributed by atoms with Crippen LogP contribution in [0.3, 0.4) is 0 Å². The van der Waals surface area contributed by atoms with Crippen molar-refractivity contribution in [2.24, 2.45) is 0 Å². The number of nitrogens with one attached hydrogen (secondary N) is 1. The lowest BCUT2D eigenvalue weighted by Crippen LogP contribution is -2.47. The van der Waals surface area contributed by atoms with Crippen LogP contribution in [0, 0.1) is 0 Å². The van der Waals surface area contributed by atoms with E-state index in [1.165, 1.54) is 0 Å². The van der Waals surface area contributed by atoms with Crippen LogP contribution in [0.2, 0.25) is 0 Å². The van der Waals surface area contributed by atoms with Gasteiger partial charge in [-0.15, -0.1) is 0 Å². The van der Waals surface area contributed by atoms with Crippen molar-refractivity contribution >= 4 is 11.9 Å². The van der Waals surface area contributed by atoms with E-state index in [9.17, 15) is 9.59 Å². The van der Waals surface area contributed by atoms with Crippen LogP contribution in [0.25, 0.3) is 0 Å². The molecule has 0 aliphatic carbocycles. The molecule has 1 heterocycles. The van der Waals surface area contributed by atoms with E-state index in [1.807, 2.05) is 35.2 Å². The molecule has 1 unspecified atom stereocenters. The average Bonchev–Trinajstić information content (AvgIpc) is 2.58. The van der Waals surface area contributed by atoms with E-state index in [4.69, 9.17) is 9.84 Å². The van der Waals surface area contributed by atoms with Crippen LogP contribution >= 0.6 is 0 Å². The third-order valence-corrected chi connectivity index (χ3v) is 4.22. The Morgan fingerprint density at radius 2 is 2.04 bits per heavy atom. The molecule has 1 aliphatic rings. The molecule has 0 bridgehead atoms. The van der Waals surface area contributed by atoms with E-state index in [0.29, 0.717) is 26.1 Å². The molecule has 2 N–H and O–H groups in total. The van der Waals surface area contributed by atoms with E-state index in [1.54, 1.807) is 0 Å². The number of likely N-dealkylation sites (tertiary alicyclic amines) is 1. The lowest BCUT2D eigenvalue weighted by atomic mass is 10.0. The molecular weight excluding hydrogens is 308 g/mol. The Hall–Kier alpha value is -1.92. The normalized spacial score (nSPS) is 18.2. The van der Waals surface area contributed by atoms with Gasteiger partial charge in [-0.1, -0.05) is 36.8 Å². The molecule has 1 aliphatic heterocycles. The SMILES string of the molecule is O=C(O)CN1CCCCC1CNCCC(=O)OCc1ccccc1. The second-order valence-electron chi connectivity index (χ2n) is 6.11. The molecular formula is C18H26N2O4. The summed E-state index contributed by atoms with van der Waals surface area (Å²) in [6.45, 7) is 2.47. The fourth-order valence-corrected chi connectivity index (χ4v) is 2.94. The minimum atomic E-state index is -0.786. The second kappa shape index (κ2) is 10.1. The van der Waals surface area contributed by atoms with Gasteiger partial charge in [0.25, 0.3) is 0 Å². The molecule has 0 aromatic heterocycles. The lowest BCUT2D eigenvalue weighted by Gasteiger charge is -2.34. The largest absolute Gasteiger partial charge is 0.480 e. The summed E-state index contributed by atoms with van der Waals surface area (Å²) in [5, 5.41) is 12.2. The van der Waals surface area contributed by atoms with Crippen LogP contribution < -0.4 is 5.32 Å². The summed E-state index contributed by atoms with van der Waals surface area (Å²) in [6, 6.07) is 9.83. The highest BCUT2D eigenvalue weighted by atomic mass is 16.5. The van der Waals surface area contributed by atoms with E-state index in [0.717, 1.165) is 31.4 Å². The van der Waals surface area contributed by atoms with Crippen LogP contribution in [0.15, 0.2) is 30.3 Å². The zero-order valence-corrected chi connectivity index (χ0v) is 13.9. The number of carboxylic acids is 1. The summed E-state index contributed by atoms with van der Waals surface area (Å²) >= 11 is 0. The fourth-order valence-electron chi connectivity index (χ4n) is 2.94. The molecule has 1 aromatic carbocycles. The summed E-state index contributed by atoms with van der Waals surface area (Å²) in [4.78, 5) is 24.6. The number of carbonyl (C=O) groups excluding carboxylic acids is 1. The van der Waals surface area contributed by atoms with Gasteiger partial charge in [0.15, 0.2) is 0 Å². The van der Waals surface area contributed by atoms with Crippen molar-refractivity contribution in [3.63, 3.8) is 0 Å². The molecule has 1 atom stereocenters. The minimum Gasteiger partial charge on any atom is -0.480 e. The topological polar surface area (TPSA) is 78.9 Å². The Labute approximate surface area is 142 Å². The summed E-state index contributed by atoms with van der Waals surface area (Å²) in [7, 11) is 0. The quantitative estimate of drug-likeness (QED) is 0.528. The maximum Gasteiger partial charge on any atom is 0.317 e. The van der Waals surface area contributed by atoms with Crippen molar-refractivity contribution in [1.82, 2.24) is 10.2 Å². The maximum atomic E-state index is 11.7. The third-order valence-electron chi connectivity index (χ3n) is 4.22. The Kier molecular flexibility index (Phi) is 7.71. The van der Waals surface area contributed by atoms with Crippen LogP contribution in [0.1, 0.15) is 31.2 Å². The first kappa shape index (κ1) is 18.4. The monoisotopic (exact) mass is 334 g/mol. The number of hydrogen-bond acceptors (Lipinski definition) is 5. The molecule has 1 fully saturated rings. The maximum absolute atomic E-state index is 11.7. The first-order valence-electron chi connectivity index (χ1n) is 8.51. The number of nitrogens with zero attached hydrogens (tertiary/aromatic N) is 1. The van der Waals surface area contributed by atoms with E-state index >= 15 is 0 Å². The van der Waals surface area contributed by atoms with Gasteiger partial charge < -0.3 is 15.2 Å². The number of aliphatic carboxylic acids is 1. The van der Waals surface area contributed by atoms with Gasteiger partial charge in [-0.25, -0.2) is 0 Å². The number of rotatable bonds is 9. The number of ether oxygens (including phenoxy) is 1. The molecule has 0 amide bonds. The Morgan fingerprint density at radius 1 is 1.25 bits per heavy atom. The Balaban J connectivity index is 1.61. The first-order valence-corrected chi connectivity index (χ1v) is 8.51. The molecule has 1 aromatic rings. The van der Waals surface area contributed by atoms with Crippen molar-refractivity contribution in [3.8, 4) is 0 Å². The summed E-state index contributed by atoms with van der Waals surface area (Å²) in [6.07, 6.45) is 3.49. The van der Waals surface area contributed by atoms with Gasteiger partial charge in [-0.05, 0) is 24.9 Å². The van der Waals surface area contributed by atoms with Crippen molar-refractivity contribution in [2.45, 2.75) is 38.3 Å². The molecule has 0 spiro atoms. The molecule has 6 nitrogen and oxygen atoms in total. The molecule has 6 heteroatoms. The lowest BCUT2D eigenvalue weighted by molar-refractivity contribution is -0.144. The standard InChI is InChI=1S/C18H26N2O4/c21-17(22)13-20-11-5-4-8-16(20)12-19-10-9-18(23)24-14-15-6-2-1-3-7-15/h1-3,6-7,16,19H,4-5,8-14H2,(H,21,22). The van der Waals surface area contributed by atoms with Crippen molar-refractivity contribution in [1.29, 1.82) is 0 Å². The molecule has 132 valence electrons. The van der Waals surface area contributed by atoms with Gasteiger partial charge in [0, 0.05) is 19.1 Å². The predicted octanol–water partition coefficient (Wildman–Crippen LogP) is 1.65. The number of piperidine rings is 1. The van der Waals surface area contributed by atoms with Gasteiger partial charge in [0.2, 0.25) is 0 Å². The number of carboxylic acid groups (broad SMARTS) is 1. The Bertz CT molecular complexity index is 521. The third kappa shape index (κ3) is 6.68.